The van der Waals surface area contributed by atoms with Crippen LogP contribution < -0.4 is 0 Å². The lowest BCUT2D eigenvalue weighted by Crippen LogP contribution is -2.37. The van der Waals surface area contributed by atoms with Crippen LogP contribution in [0.25, 0.3) is 10.9 Å². The molecule has 2 fully saturated rings. The molecule has 0 radical (unpaired) electrons. The van der Waals surface area contributed by atoms with Gasteiger partial charge in [-0.05, 0) is 98.9 Å². The van der Waals surface area contributed by atoms with Crippen LogP contribution in [0.15, 0.2) is 42.6 Å². The Hall–Kier alpha value is -3.03. The zero-order chi connectivity index (χ0) is 22.2. The van der Waals surface area contributed by atoms with Crippen molar-refractivity contribution in [3.8, 4) is 11.8 Å². The molecule has 2 heterocycles. The molecule has 1 saturated carbocycles. The predicted octanol–water partition coefficient (Wildman–Crippen LogP) is 5.91. The van der Waals surface area contributed by atoms with Crippen molar-refractivity contribution >= 4 is 16.9 Å². The van der Waals surface area contributed by atoms with Gasteiger partial charge in [0, 0.05) is 35.2 Å². The lowest BCUT2D eigenvalue weighted by Gasteiger charge is -2.40. The van der Waals surface area contributed by atoms with E-state index in [1.54, 1.807) is 12.1 Å². The van der Waals surface area contributed by atoms with Crippen molar-refractivity contribution in [1.29, 1.82) is 0 Å². The summed E-state index contributed by atoms with van der Waals surface area (Å²) in [5.41, 5.74) is 6.39. The van der Waals surface area contributed by atoms with Gasteiger partial charge in [0.1, 0.15) is 0 Å². The van der Waals surface area contributed by atoms with Crippen LogP contribution in [0, 0.1) is 30.6 Å². The van der Waals surface area contributed by atoms with Crippen molar-refractivity contribution in [3.63, 3.8) is 0 Å². The Kier molecular flexibility index (Phi) is 5.53. The molecular formula is C28H30N2O2. The fraction of sp³-hybridized carbons (Fsp3) is 0.393. The van der Waals surface area contributed by atoms with Gasteiger partial charge in [-0.2, -0.15) is 0 Å². The number of rotatable bonds is 5. The third-order valence-corrected chi connectivity index (χ3v) is 7.36. The first-order valence-corrected chi connectivity index (χ1v) is 11.6. The minimum Gasteiger partial charge on any atom is -0.478 e. The third kappa shape index (κ3) is 3.94. The molecule has 2 N–H and O–H groups in total. The summed E-state index contributed by atoms with van der Waals surface area (Å²) in [4.78, 5) is 17.3. The van der Waals surface area contributed by atoms with Crippen molar-refractivity contribution in [2.24, 2.45) is 11.8 Å². The van der Waals surface area contributed by atoms with Crippen molar-refractivity contribution in [2.75, 3.05) is 6.54 Å². The number of hydrogen-bond donors (Lipinski definition) is 2. The summed E-state index contributed by atoms with van der Waals surface area (Å²) in [5, 5.41) is 10.6. The Morgan fingerprint density at radius 1 is 1.16 bits per heavy atom. The number of nitrogens with zero attached hydrogens (tertiary/aromatic N) is 1. The number of fused-ring (bicyclic) bond motifs is 1. The fourth-order valence-corrected chi connectivity index (χ4v) is 5.51. The highest BCUT2D eigenvalue weighted by atomic mass is 16.4. The van der Waals surface area contributed by atoms with E-state index in [0.717, 1.165) is 36.9 Å². The van der Waals surface area contributed by atoms with Crippen LogP contribution in [0.5, 0.6) is 0 Å². The van der Waals surface area contributed by atoms with E-state index in [4.69, 9.17) is 0 Å². The Labute approximate surface area is 189 Å². The minimum atomic E-state index is -0.870. The molecule has 2 atom stereocenters. The topological polar surface area (TPSA) is 56.3 Å². The van der Waals surface area contributed by atoms with Gasteiger partial charge in [-0.25, -0.2) is 4.79 Å². The second kappa shape index (κ2) is 8.48. The molecule has 2 unspecified atom stereocenters. The highest BCUT2D eigenvalue weighted by Crippen LogP contribution is 2.47. The number of likely N-dealkylation sites (tertiary alicyclic amines) is 1. The summed E-state index contributed by atoms with van der Waals surface area (Å²) in [6.07, 6.45) is 7.14. The molecule has 32 heavy (non-hydrogen) atoms. The first kappa shape index (κ1) is 20.8. The van der Waals surface area contributed by atoms with E-state index in [2.05, 4.69) is 40.8 Å². The highest BCUT2D eigenvalue weighted by molar-refractivity contribution is 5.88. The summed E-state index contributed by atoms with van der Waals surface area (Å²) < 4.78 is 0. The first-order valence-electron chi connectivity index (χ1n) is 11.6. The van der Waals surface area contributed by atoms with Gasteiger partial charge in [0.2, 0.25) is 0 Å². The number of aromatic nitrogens is 1. The SMILES string of the molecule is CC#Cc1cc(C)c2[nH]ccc2c1CN1CCC(C2CC2)CC1c1ccc(C(=O)O)cc1. The van der Waals surface area contributed by atoms with Gasteiger partial charge in [-0.15, -0.1) is 5.92 Å². The highest BCUT2D eigenvalue weighted by Gasteiger charge is 2.38. The molecule has 1 aliphatic carbocycles. The normalized spacial score (nSPS) is 21.3. The van der Waals surface area contributed by atoms with Crippen LogP contribution in [-0.4, -0.2) is 27.5 Å². The second-order valence-corrected chi connectivity index (χ2v) is 9.40. The summed E-state index contributed by atoms with van der Waals surface area (Å²) in [6, 6.07) is 12.2. The number of carboxylic acid groups (broad SMARTS) is 1. The number of aromatic amines is 1. The van der Waals surface area contributed by atoms with E-state index in [1.807, 2.05) is 25.3 Å². The van der Waals surface area contributed by atoms with Gasteiger partial charge in [0.05, 0.1) is 5.56 Å². The quantitative estimate of drug-likeness (QED) is 0.499. The van der Waals surface area contributed by atoms with E-state index < -0.39 is 5.97 Å². The Morgan fingerprint density at radius 3 is 2.62 bits per heavy atom. The maximum Gasteiger partial charge on any atom is 0.335 e. The molecule has 0 amide bonds. The van der Waals surface area contributed by atoms with E-state index in [-0.39, 0.29) is 0 Å². The third-order valence-electron chi connectivity index (χ3n) is 7.36. The minimum absolute atomic E-state index is 0.301. The number of carbonyl (C=O) groups is 1. The van der Waals surface area contributed by atoms with Gasteiger partial charge in [-0.1, -0.05) is 18.1 Å². The van der Waals surface area contributed by atoms with Crippen LogP contribution in [-0.2, 0) is 6.54 Å². The average molecular weight is 427 g/mol. The van der Waals surface area contributed by atoms with Gasteiger partial charge < -0.3 is 10.1 Å². The first-order chi connectivity index (χ1) is 15.5. The lowest BCUT2D eigenvalue weighted by molar-refractivity contribution is 0.0696. The van der Waals surface area contributed by atoms with Crippen molar-refractivity contribution in [2.45, 2.75) is 52.1 Å². The second-order valence-electron chi connectivity index (χ2n) is 9.40. The molecule has 1 saturated heterocycles. The zero-order valence-electron chi connectivity index (χ0n) is 18.8. The van der Waals surface area contributed by atoms with Gasteiger partial charge in [-0.3, -0.25) is 4.90 Å². The molecule has 2 aromatic carbocycles. The van der Waals surface area contributed by atoms with E-state index >= 15 is 0 Å². The van der Waals surface area contributed by atoms with Crippen LogP contribution in [0.2, 0.25) is 0 Å². The van der Waals surface area contributed by atoms with E-state index in [0.29, 0.717) is 11.6 Å². The van der Waals surface area contributed by atoms with Crippen molar-refractivity contribution in [3.05, 3.63) is 70.4 Å². The summed E-state index contributed by atoms with van der Waals surface area (Å²) in [5.74, 6) is 7.23. The van der Waals surface area contributed by atoms with Crippen LogP contribution in [0.4, 0.5) is 0 Å². The number of piperidine rings is 1. The standard InChI is InChI=1S/C28H30N2O2/c1-3-4-23-15-18(2)27-24(11-13-29-27)25(23)17-30-14-12-22(19-5-6-19)16-26(30)20-7-9-21(10-8-20)28(31)32/h7-11,13,15,19,22,26,29H,5-6,12,14,16-17H2,1-2H3,(H,31,32). The molecule has 0 spiro atoms. The molecule has 5 rings (SSSR count). The van der Waals surface area contributed by atoms with Gasteiger partial charge in [0.25, 0.3) is 0 Å². The summed E-state index contributed by atoms with van der Waals surface area (Å²) in [7, 11) is 0. The number of aromatic carboxylic acids is 1. The number of H-pyrrole nitrogens is 1. The molecule has 1 aromatic heterocycles. The van der Waals surface area contributed by atoms with E-state index in [9.17, 15) is 9.90 Å². The fourth-order valence-electron chi connectivity index (χ4n) is 5.51. The maximum absolute atomic E-state index is 11.3. The molecule has 0 bridgehead atoms. The molecule has 164 valence electrons. The Balaban J connectivity index is 1.51. The average Bonchev–Trinajstić information content (AvgIpc) is 3.52. The van der Waals surface area contributed by atoms with Crippen molar-refractivity contribution < 1.29 is 9.90 Å². The summed E-state index contributed by atoms with van der Waals surface area (Å²) >= 11 is 0. The molecular weight excluding hydrogens is 396 g/mol. The monoisotopic (exact) mass is 426 g/mol. The predicted molar refractivity (Wildman–Crippen MR) is 128 cm³/mol. The number of carboxylic acids is 1. The van der Waals surface area contributed by atoms with E-state index in [1.165, 1.54) is 46.9 Å². The van der Waals surface area contributed by atoms with Gasteiger partial charge in [0.15, 0.2) is 0 Å². The molecule has 2 aliphatic rings. The van der Waals surface area contributed by atoms with Crippen LogP contribution >= 0.6 is 0 Å². The summed E-state index contributed by atoms with van der Waals surface area (Å²) in [6.45, 7) is 5.94. The van der Waals surface area contributed by atoms with Crippen molar-refractivity contribution in [1.82, 2.24) is 9.88 Å². The molecule has 3 aromatic rings. The Bertz CT molecular complexity index is 1210. The zero-order valence-corrected chi connectivity index (χ0v) is 18.8. The van der Waals surface area contributed by atoms with Gasteiger partial charge >= 0.3 is 5.97 Å². The number of hydrogen-bond acceptors (Lipinski definition) is 2. The maximum atomic E-state index is 11.3. The molecule has 4 nitrogen and oxygen atoms in total. The molecule has 4 heteroatoms. The van der Waals surface area contributed by atoms with Crippen LogP contribution in [0.3, 0.4) is 0 Å². The number of benzene rings is 2. The lowest BCUT2D eigenvalue weighted by atomic mass is 9.83. The molecule has 1 aliphatic heterocycles. The number of nitrogens with one attached hydrogen (secondary N) is 1. The number of aryl methyl sites for hydroxylation is 1. The van der Waals surface area contributed by atoms with Crippen LogP contribution in [0.1, 0.15) is 71.3 Å². The Morgan fingerprint density at radius 2 is 1.94 bits per heavy atom. The largest absolute Gasteiger partial charge is 0.478 e. The smallest absolute Gasteiger partial charge is 0.335 e.